The molecule has 2 aromatic rings. The van der Waals surface area contributed by atoms with E-state index in [1.54, 1.807) is 30.1 Å². The van der Waals surface area contributed by atoms with Crippen LogP contribution in [0, 0.1) is 0 Å². The molecule has 19 heavy (non-hydrogen) atoms. The van der Waals surface area contributed by atoms with E-state index in [0.29, 0.717) is 17.6 Å². The third kappa shape index (κ3) is 3.58. The van der Waals surface area contributed by atoms with Crippen LogP contribution in [0.1, 0.15) is 0 Å². The molecule has 1 N–H and O–H groups in total. The van der Waals surface area contributed by atoms with Crippen molar-refractivity contribution in [3.8, 4) is 0 Å². The van der Waals surface area contributed by atoms with Crippen molar-refractivity contribution in [2.75, 3.05) is 31.4 Å². The Morgan fingerprint density at radius 1 is 1.42 bits per heavy atom. The maximum absolute atomic E-state index is 11.0. The quantitative estimate of drug-likeness (QED) is 0.806. The monoisotopic (exact) mass is 286 g/mol. The SMILES string of the molecule is CN(CCOS(C)(=O)=O)c1ccc2[nH]c(=O)oc2c1. The van der Waals surface area contributed by atoms with Gasteiger partial charge in [-0.3, -0.25) is 9.17 Å². The normalized spacial score (nSPS) is 11.9. The number of nitrogens with zero attached hydrogens (tertiary/aromatic N) is 1. The van der Waals surface area contributed by atoms with E-state index in [1.807, 2.05) is 0 Å². The zero-order valence-corrected chi connectivity index (χ0v) is 11.4. The van der Waals surface area contributed by atoms with Crippen LogP contribution in [-0.2, 0) is 14.3 Å². The summed E-state index contributed by atoms with van der Waals surface area (Å²) >= 11 is 0. The van der Waals surface area contributed by atoms with Gasteiger partial charge < -0.3 is 9.32 Å². The van der Waals surface area contributed by atoms with Crippen molar-refractivity contribution >= 4 is 26.9 Å². The average molecular weight is 286 g/mol. The van der Waals surface area contributed by atoms with Gasteiger partial charge in [0.2, 0.25) is 0 Å². The second-order valence-corrected chi connectivity index (χ2v) is 5.79. The number of hydrogen-bond acceptors (Lipinski definition) is 6. The number of oxazole rings is 1. The van der Waals surface area contributed by atoms with Gasteiger partial charge in [-0.25, -0.2) is 4.79 Å². The van der Waals surface area contributed by atoms with Crippen molar-refractivity contribution in [3.63, 3.8) is 0 Å². The van der Waals surface area contributed by atoms with Crippen molar-refractivity contribution in [1.82, 2.24) is 4.98 Å². The van der Waals surface area contributed by atoms with E-state index in [4.69, 9.17) is 4.42 Å². The van der Waals surface area contributed by atoms with Crippen LogP contribution < -0.4 is 10.7 Å². The summed E-state index contributed by atoms with van der Waals surface area (Å²) in [5.74, 6) is -0.504. The smallest absolute Gasteiger partial charge is 0.408 e. The molecule has 1 aromatic carbocycles. The van der Waals surface area contributed by atoms with Crippen molar-refractivity contribution in [3.05, 3.63) is 28.7 Å². The van der Waals surface area contributed by atoms with Crippen LogP contribution in [0.2, 0.25) is 0 Å². The summed E-state index contributed by atoms with van der Waals surface area (Å²) in [5, 5.41) is 0. The van der Waals surface area contributed by atoms with Crippen LogP contribution in [0.15, 0.2) is 27.4 Å². The lowest BCUT2D eigenvalue weighted by Crippen LogP contribution is -2.23. The molecule has 0 saturated carbocycles. The predicted octanol–water partition coefficient (Wildman–Crippen LogP) is 0.534. The molecule has 0 spiro atoms. The Balaban J connectivity index is 2.08. The van der Waals surface area contributed by atoms with E-state index in [0.717, 1.165) is 11.9 Å². The van der Waals surface area contributed by atoms with Crippen molar-refractivity contribution in [2.45, 2.75) is 0 Å². The molecular formula is C11H14N2O5S. The van der Waals surface area contributed by atoms with Crippen molar-refractivity contribution in [2.24, 2.45) is 0 Å². The van der Waals surface area contributed by atoms with Crippen LogP contribution in [0.4, 0.5) is 5.69 Å². The van der Waals surface area contributed by atoms with E-state index in [9.17, 15) is 13.2 Å². The minimum Gasteiger partial charge on any atom is -0.408 e. The number of fused-ring (bicyclic) bond motifs is 1. The van der Waals surface area contributed by atoms with E-state index in [2.05, 4.69) is 9.17 Å². The zero-order valence-electron chi connectivity index (χ0n) is 10.5. The topological polar surface area (TPSA) is 92.6 Å². The summed E-state index contributed by atoms with van der Waals surface area (Å²) in [6.45, 7) is 0.456. The third-order valence-electron chi connectivity index (χ3n) is 2.57. The Labute approximate surface area is 109 Å². The molecule has 0 unspecified atom stereocenters. The minimum atomic E-state index is -3.42. The number of rotatable bonds is 5. The molecule has 0 bridgehead atoms. The van der Waals surface area contributed by atoms with E-state index < -0.39 is 15.9 Å². The van der Waals surface area contributed by atoms with Gasteiger partial charge >= 0.3 is 5.76 Å². The predicted molar refractivity (Wildman–Crippen MR) is 70.9 cm³/mol. The Morgan fingerprint density at radius 3 is 2.84 bits per heavy atom. The van der Waals surface area contributed by atoms with Crippen molar-refractivity contribution < 1.29 is 17.0 Å². The molecule has 1 aromatic heterocycles. The summed E-state index contributed by atoms with van der Waals surface area (Å²) in [6.07, 6.45) is 1.01. The molecule has 2 rings (SSSR count). The minimum absolute atomic E-state index is 0.0600. The lowest BCUT2D eigenvalue weighted by atomic mass is 10.2. The Morgan fingerprint density at radius 2 is 2.16 bits per heavy atom. The van der Waals surface area contributed by atoms with Crippen molar-refractivity contribution in [1.29, 1.82) is 0 Å². The molecule has 0 aliphatic carbocycles. The van der Waals surface area contributed by atoms with E-state index in [-0.39, 0.29) is 6.61 Å². The summed E-state index contributed by atoms with van der Waals surface area (Å²) in [5.41, 5.74) is 1.88. The van der Waals surface area contributed by atoms with Gasteiger partial charge in [0.1, 0.15) is 0 Å². The molecule has 1 heterocycles. The first-order valence-corrected chi connectivity index (χ1v) is 7.35. The molecular weight excluding hydrogens is 272 g/mol. The van der Waals surface area contributed by atoms with Gasteiger partial charge in [0.15, 0.2) is 5.58 Å². The van der Waals surface area contributed by atoms with Gasteiger partial charge in [-0.15, -0.1) is 0 Å². The summed E-state index contributed by atoms with van der Waals surface area (Å²) < 4.78 is 31.3. The first-order chi connectivity index (χ1) is 8.85. The highest BCUT2D eigenvalue weighted by molar-refractivity contribution is 7.85. The Bertz CT molecular complexity index is 731. The first-order valence-electron chi connectivity index (χ1n) is 5.53. The van der Waals surface area contributed by atoms with Crippen LogP contribution >= 0.6 is 0 Å². The number of H-pyrrole nitrogens is 1. The zero-order chi connectivity index (χ0) is 14.0. The molecule has 0 radical (unpaired) electrons. The van der Waals surface area contributed by atoms with Gasteiger partial charge in [-0.2, -0.15) is 8.42 Å². The molecule has 0 aliphatic heterocycles. The van der Waals surface area contributed by atoms with Gasteiger partial charge in [0.05, 0.1) is 18.4 Å². The third-order valence-corrected chi connectivity index (χ3v) is 3.16. The maximum atomic E-state index is 11.0. The largest absolute Gasteiger partial charge is 0.417 e. The fourth-order valence-corrected chi connectivity index (χ4v) is 2.00. The maximum Gasteiger partial charge on any atom is 0.417 e. The Kier molecular flexibility index (Phi) is 3.63. The van der Waals surface area contributed by atoms with Crippen LogP contribution in [0.25, 0.3) is 11.1 Å². The molecule has 8 heteroatoms. The molecule has 0 atom stereocenters. The summed E-state index contributed by atoms with van der Waals surface area (Å²) in [6, 6.07) is 5.23. The van der Waals surface area contributed by atoms with Crippen LogP contribution in [0.3, 0.4) is 0 Å². The fourth-order valence-electron chi connectivity index (χ4n) is 1.63. The molecule has 0 amide bonds. The molecule has 7 nitrogen and oxygen atoms in total. The highest BCUT2D eigenvalue weighted by atomic mass is 32.2. The second-order valence-electron chi connectivity index (χ2n) is 4.14. The first kappa shape index (κ1) is 13.6. The number of likely N-dealkylation sites (N-methyl/N-ethyl adjacent to an activating group) is 1. The molecule has 0 aliphatic rings. The lowest BCUT2D eigenvalue weighted by molar-refractivity contribution is 0.329. The number of hydrogen-bond donors (Lipinski definition) is 1. The Hall–Kier alpha value is -1.80. The molecule has 0 fully saturated rings. The van der Waals surface area contributed by atoms with Crippen LogP contribution in [-0.4, -0.2) is 39.9 Å². The second kappa shape index (κ2) is 5.06. The van der Waals surface area contributed by atoms with Gasteiger partial charge in [0, 0.05) is 25.3 Å². The molecule has 0 saturated heterocycles. The number of aromatic amines is 1. The van der Waals surface area contributed by atoms with Gasteiger partial charge in [-0.05, 0) is 12.1 Å². The number of aromatic nitrogens is 1. The van der Waals surface area contributed by atoms with E-state index >= 15 is 0 Å². The highest BCUT2D eigenvalue weighted by Crippen LogP contribution is 2.19. The lowest BCUT2D eigenvalue weighted by Gasteiger charge is -2.18. The molecule has 104 valence electrons. The summed E-state index contributed by atoms with van der Waals surface area (Å²) in [7, 11) is -1.64. The number of anilines is 1. The highest BCUT2D eigenvalue weighted by Gasteiger charge is 2.07. The van der Waals surface area contributed by atoms with Crippen LogP contribution in [0.5, 0.6) is 0 Å². The standard InChI is InChI=1S/C11H14N2O5S/c1-13(5-6-17-19(2,15)16)8-3-4-9-10(7-8)18-11(14)12-9/h3-4,7H,5-6H2,1-2H3,(H,12,14). The fraction of sp³-hybridized carbons (Fsp3) is 0.364. The average Bonchev–Trinajstić information content (AvgIpc) is 2.65. The number of benzene rings is 1. The van der Waals surface area contributed by atoms with E-state index in [1.165, 1.54) is 0 Å². The summed E-state index contributed by atoms with van der Waals surface area (Å²) in [4.78, 5) is 15.4. The van der Waals surface area contributed by atoms with Gasteiger partial charge in [0.25, 0.3) is 10.1 Å². The van der Waals surface area contributed by atoms with Gasteiger partial charge in [-0.1, -0.05) is 0 Å². The number of nitrogens with one attached hydrogen (secondary N) is 1.